The molecule has 4 rings (SSSR count). The Morgan fingerprint density at radius 3 is 2.28 bits per heavy atom. The van der Waals surface area contributed by atoms with Crippen molar-refractivity contribution in [1.29, 1.82) is 0 Å². The summed E-state index contributed by atoms with van der Waals surface area (Å²) >= 11 is 12.9. The fourth-order valence-electron chi connectivity index (χ4n) is 3.92. The van der Waals surface area contributed by atoms with Crippen molar-refractivity contribution in [3.05, 3.63) is 99.5 Å². The Labute approximate surface area is 158 Å². The summed E-state index contributed by atoms with van der Waals surface area (Å²) < 4.78 is 0. The molecule has 0 unspecified atom stereocenters. The second kappa shape index (κ2) is 6.74. The van der Waals surface area contributed by atoms with Crippen molar-refractivity contribution < 1.29 is 0 Å². The average molecular weight is 368 g/mol. The molecule has 0 saturated carbocycles. The third-order valence-electron chi connectivity index (χ3n) is 5.11. The predicted molar refractivity (Wildman–Crippen MR) is 107 cm³/mol. The predicted octanol–water partition coefficient (Wildman–Crippen LogP) is 6.93. The van der Waals surface area contributed by atoms with Crippen molar-refractivity contribution in [3.8, 4) is 0 Å². The molecule has 3 atom stereocenters. The van der Waals surface area contributed by atoms with Gasteiger partial charge in [0.05, 0.1) is 6.04 Å². The SMILES string of the molecule is C[C@@H]1[C@H](c2ccccc2Cl)c2cc(Cl)ccc2N[C@@H]1c1ccccc1. The van der Waals surface area contributed by atoms with E-state index in [0.29, 0.717) is 5.92 Å². The first-order valence-corrected chi connectivity index (χ1v) is 9.26. The molecule has 3 heteroatoms. The minimum atomic E-state index is 0.189. The molecule has 1 nitrogen and oxygen atoms in total. The van der Waals surface area contributed by atoms with E-state index in [0.717, 1.165) is 21.3 Å². The van der Waals surface area contributed by atoms with Gasteiger partial charge in [0.1, 0.15) is 0 Å². The monoisotopic (exact) mass is 367 g/mol. The molecule has 0 aromatic heterocycles. The second-order valence-electron chi connectivity index (χ2n) is 6.62. The van der Waals surface area contributed by atoms with Gasteiger partial charge in [0.25, 0.3) is 0 Å². The Hall–Kier alpha value is -1.96. The highest BCUT2D eigenvalue weighted by molar-refractivity contribution is 6.31. The van der Waals surface area contributed by atoms with Gasteiger partial charge in [-0.05, 0) is 46.9 Å². The molecule has 0 bridgehead atoms. The number of rotatable bonds is 2. The quantitative estimate of drug-likeness (QED) is 0.517. The van der Waals surface area contributed by atoms with Crippen LogP contribution in [0.4, 0.5) is 5.69 Å². The lowest BCUT2D eigenvalue weighted by Crippen LogP contribution is -2.30. The number of hydrogen-bond acceptors (Lipinski definition) is 1. The van der Waals surface area contributed by atoms with Gasteiger partial charge in [-0.2, -0.15) is 0 Å². The lowest BCUT2D eigenvalue weighted by molar-refractivity contribution is 0.428. The maximum atomic E-state index is 6.57. The summed E-state index contributed by atoms with van der Waals surface area (Å²) in [5, 5.41) is 5.27. The molecule has 1 aliphatic heterocycles. The van der Waals surface area contributed by atoms with Crippen molar-refractivity contribution >= 4 is 28.9 Å². The van der Waals surface area contributed by atoms with Crippen molar-refractivity contribution in [2.75, 3.05) is 5.32 Å². The number of benzene rings is 3. The zero-order valence-electron chi connectivity index (χ0n) is 13.9. The van der Waals surface area contributed by atoms with Crippen LogP contribution in [0, 0.1) is 5.92 Å². The molecule has 0 saturated heterocycles. The van der Waals surface area contributed by atoms with Crippen molar-refractivity contribution in [2.45, 2.75) is 18.9 Å². The molecule has 126 valence electrons. The standard InChI is InChI=1S/C22H19Cl2N/c1-14-21(17-9-5-6-10-19(17)24)18-13-16(23)11-12-20(18)25-22(14)15-7-3-2-4-8-15/h2-14,21-22,25H,1H3/t14-,21-,22+/m1/s1. The van der Waals surface area contributed by atoms with Gasteiger partial charge < -0.3 is 5.32 Å². The highest BCUT2D eigenvalue weighted by atomic mass is 35.5. The molecule has 3 aromatic carbocycles. The van der Waals surface area contributed by atoms with Gasteiger partial charge in [-0.3, -0.25) is 0 Å². The van der Waals surface area contributed by atoms with E-state index >= 15 is 0 Å². The minimum Gasteiger partial charge on any atom is -0.378 e. The lowest BCUT2D eigenvalue weighted by Gasteiger charge is -2.40. The summed E-state index contributed by atoms with van der Waals surface area (Å²) in [6.07, 6.45) is 0. The van der Waals surface area contributed by atoms with E-state index in [-0.39, 0.29) is 12.0 Å². The molecule has 1 N–H and O–H groups in total. The summed E-state index contributed by atoms with van der Waals surface area (Å²) in [6, 6.07) is 25.0. The highest BCUT2D eigenvalue weighted by Crippen LogP contribution is 2.49. The van der Waals surface area contributed by atoms with E-state index in [1.807, 2.05) is 18.2 Å². The zero-order valence-corrected chi connectivity index (χ0v) is 15.4. The third-order valence-corrected chi connectivity index (χ3v) is 5.69. The van der Waals surface area contributed by atoms with Crippen LogP contribution in [0.5, 0.6) is 0 Å². The normalized spacial score (nSPS) is 22.1. The molecule has 0 aliphatic carbocycles. The molecular formula is C22H19Cl2N. The first-order valence-electron chi connectivity index (χ1n) is 8.50. The fraction of sp³-hybridized carbons (Fsp3) is 0.182. The molecule has 1 aliphatic rings. The molecule has 0 radical (unpaired) electrons. The Morgan fingerprint density at radius 1 is 0.800 bits per heavy atom. The summed E-state index contributed by atoms with van der Waals surface area (Å²) in [6.45, 7) is 2.28. The number of fused-ring (bicyclic) bond motifs is 1. The van der Waals surface area contributed by atoms with Crippen LogP contribution in [0.3, 0.4) is 0 Å². The third kappa shape index (κ3) is 3.03. The van der Waals surface area contributed by atoms with Gasteiger partial charge in [-0.15, -0.1) is 0 Å². The van der Waals surface area contributed by atoms with Crippen molar-refractivity contribution in [1.82, 2.24) is 0 Å². The van der Waals surface area contributed by atoms with Crippen molar-refractivity contribution in [3.63, 3.8) is 0 Å². The Balaban J connectivity index is 1.88. The minimum absolute atomic E-state index is 0.189. The molecule has 0 amide bonds. The van der Waals surface area contributed by atoms with E-state index in [1.54, 1.807) is 0 Å². The largest absolute Gasteiger partial charge is 0.378 e. The molecule has 25 heavy (non-hydrogen) atoms. The van der Waals surface area contributed by atoms with Crippen LogP contribution in [0.15, 0.2) is 72.8 Å². The van der Waals surface area contributed by atoms with Crippen LogP contribution >= 0.6 is 23.2 Å². The molecule has 0 fully saturated rings. The average Bonchev–Trinajstić information content (AvgIpc) is 2.63. The highest BCUT2D eigenvalue weighted by Gasteiger charge is 2.36. The number of nitrogens with one attached hydrogen (secondary N) is 1. The molecule has 1 heterocycles. The van der Waals surface area contributed by atoms with Gasteiger partial charge in [-0.25, -0.2) is 0 Å². The maximum absolute atomic E-state index is 6.57. The molecule has 0 spiro atoms. The number of hydrogen-bond donors (Lipinski definition) is 1. The maximum Gasteiger partial charge on any atom is 0.0548 e. The van der Waals surface area contributed by atoms with E-state index in [9.17, 15) is 0 Å². The van der Waals surface area contributed by atoms with Crippen LogP contribution in [0.1, 0.15) is 35.6 Å². The van der Waals surface area contributed by atoms with E-state index in [4.69, 9.17) is 23.2 Å². The van der Waals surface area contributed by atoms with E-state index in [1.165, 1.54) is 11.1 Å². The van der Waals surface area contributed by atoms with E-state index in [2.05, 4.69) is 66.8 Å². The van der Waals surface area contributed by atoms with Crippen LogP contribution in [-0.4, -0.2) is 0 Å². The second-order valence-corrected chi connectivity index (χ2v) is 7.47. The number of halogens is 2. The van der Waals surface area contributed by atoms with E-state index < -0.39 is 0 Å². The topological polar surface area (TPSA) is 12.0 Å². The lowest BCUT2D eigenvalue weighted by atomic mass is 9.73. The summed E-state index contributed by atoms with van der Waals surface area (Å²) in [5.41, 5.74) is 4.77. The summed E-state index contributed by atoms with van der Waals surface area (Å²) in [7, 11) is 0. The smallest absolute Gasteiger partial charge is 0.0548 e. The van der Waals surface area contributed by atoms with Crippen LogP contribution in [0.25, 0.3) is 0 Å². The Bertz CT molecular complexity index is 892. The van der Waals surface area contributed by atoms with Gasteiger partial charge in [-0.1, -0.05) is 78.7 Å². The van der Waals surface area contributed by atoms with Gasteiger partial charge >= 0.3 is 0 Å². The zero-order chi connectivity index (χ0) is 17.4. The Kier molecular flexibility index (Phi) is 4.45. The van der Waals surface area contributed by atoms with Gasteiger partial charge in [0.15, 0.2) is 0 Å². The van der Waals surface area contributed by atoms with Crippen LogP contribution in [0.2, 0.25) is 10.0 Å². The van der Waals surface area contributed by atoms with Crippen LogP contribution < -0.4 is 5.32 Å². The first kappa shape index (κ1) is 16.5. The van der Waals surface area contributed by atoms with Gasteiger partial charge in [0, 0.05) is 21.7 Å². The molecular weight excluding hydrogens is 349 g/mol. The number of anilines is 1. The Morgan fingerprint density at radius 2 is 1.52 bits per heavy atom. The summed E-state index contributed by atoms with van der Waals surface area (Å²) in [5.74, 6) is 0.516. The summed E-state index contributed by atoms with van der Waals surface area (Å²) in [4.78, 5) is 0. The first-order chi connectivity index (χ1) is 12.1. The molecule has 3 aromatic rings. The van der Waals surface area contributed by atoms with Crippen LogP contribution in [-0.2, 0) is 0 Å². The van der Waals surface area contributed by atoms with Gasteiger partial charge in [0.2, 0.25) is 0 Å². The van der Waals surface area contributed by atoms with Crippen molar-refractivity contribution in [2.24, 2.45) is 5.92 Å². The fourth-order valence-corrected chi connectivity index (χ4v) is 4.36.